The monoisotopic (exact) mass is 467 g/mol. The molecule has 0 unspecified atom stereocenters. The molecule has 0 bridgehead atoms. The van der Waals surface area contributed by atoms with Crippen molar-refractivity contribution in [2.24, 2.45) is 0 Å². The third kappa shape index (κ3) is 4.05. The largest absolute Gasteiger partial charge is 0.378 e. The van der Waals surface area contributed by atoms with Crippen LogP contribution < -0.4 is 10.2 Å². The van der Waals surface area contributed by atoms with Crippen LogP contribution in [-0.4, -0.2) is 47.3 Å². The van der Waals surface area contributed by atoms with Crippen molar-refractivity contribution in [2.75, 3.05) is 36.5 Å². The average molecular weight is 468 g/mol. The maximum atomic E-state index is 14.3. The number of aromatic nitrogens is 2. The average Bonchev–Trinajstić information content (AvgIpc) is 3.35. The van der Waals surface area contributed by atoms with Gasteiger partial charge >= 0.3 is 0 Å². The standard InChI is InChI=1S/C25H27F2N5O2/c1-25(2)22-19(15-32(25)14-17-6-4-8-20(26)21(17)27)23(30-29-22)28-24(33)16-5-3-7-18(13-16)31-9-11-34-12-10-31/h3-8,13H,9-12,14-15H2,1-2H3,(H2,28,29,30,33). The minimum atomic E-state index is -0.859. The van der Waals surface area contributed by atoms with Crippen molar-refractivity contribution in [3.63, 3.8) is 0 Å². The first kappa shape index (κ1) is 22.5. The summed E-state index contributed by atoms with van der Waals surface area (Å²) in [5.41, 5.74) is 3.00. The molecule has 0 atom stereocenters. The molecule has 2 N–H and O–H groups in total. The van der Waals surface area contributed by atoms with Gasteiger partial charge in [-0.15, -0.1) is 0 Å². The molecule has 2 aromatic carbocycles. The van der Waals surface area contributed by atoms with E-state index in [0.29, 0.717) is 31.1 Å². The zero-order valence-corrected chi connectivity index (χ0v) is 19.2. The van der Waals surface area contributed by atoms with Gasteiger partial charge in [-0.1, -0.05) is 18.2 Å². The van der Waals surface area contributed by atoms with Gasteiger partial charge in [0, 0.05) is 48.6 Å². The molecule has 9 heteroatoms. The van der Waals surface area contributed by atoms with Gasteiger partial charge in [0.1, 0.15) is 0 Å². The van der Waals surface area contributed by atoms with Crippen LogP contribution in [-0.2, 0) is 23.4 Å². The fourth-order valence-corrected chi connectivity index (χ4v) is 4.65. The van der Waals surface area contributed by atoms with Crippen molar-refractivity contribution in [1.29, 1.82) is 0 Å². The molecule has 0 saturated carbocycles. The fraction of sp³-hybridized carbons (Fsp3) is 0.360. The predicted octanol–water partition coefficient (Wildman–Crippen LogP) is 4.03. The molecular weight excluding hydrogens is 440 g/mol. The summed E-state index contributed by atoms with van der Waals surface area (Å²) >= 11 is 0. The molecule has 7 nitrogen and oxygen atoms in total. The lowest BCUT2D eigenvalue weighted by Crippen LogP contribution is -2.36. The van der Waals surface area contributed by atoms with E-state index in [1.165, 1.54) is 6.07 Å². The lowest BCUT2D eigenvalue weighted by atomic mass is 10.00. The quantitative estimate of drug-likeness (QED) is 0.593. The van der Waals surface area contributed by atoms with E-state index in [1.54, 1.807) is 12.1 Å². The van der Waals surface area contributed by atoms with Crippen molar-refractivity contribution in [2.45, 2.75) is 32.5 Å². The molecule has 0 aliphatic carbocycles. The summed E-state index contributed by atoms with van der Waals surface area (Å²) in [4.78, 5) is 17.3. The van der Waals surface area contributed by atoms with Crippen LogP contribution in [0.25, 0.3) is 0 Å². The second-order valence-electron chi connectivity index (χ2n) is 9.16. The lowest BCUT2D eigenvalue weighted by Gasteiger charge is -2.31. The number of halogens is 2. The van der Waals surface area contributed by atoms with Gasteiger partial charge < -0.3 is 15.0 Å². The number of nitrogens with zero attached hydrogens (tertiary/aromatic N) is 3. The van der Waals surface area contributed by atoms with Crippen molar-refractivity contribution in [3.05, 3.63) is 76.5 Å². The number of H-pyrrole nitrogens is 1. The van der Waals surface area contributed by atoms with Crippen molar-refractivity contribution in [1.82, 2.24) is 15.1 Å². The first-order valence-corrected chi connectivity index (χ1v) is 11.3. The van der Waals surface area contributed by atoms with Crippen LogP contribution in [0.3, 0.4) is 0 Å². The first-order valence-electron chi connectivity index (χ1n) is 11.3. The molecule has 1 fully saturated rings. The highest BCUT2D eigenvalue weighted by Gasteiger charge is 2.41. The Bertz CT molecular complexity index is 1220. The van der Waals surface area contributed by atoms with Gasteiger partial charge in [0.05, 0.1) is 24.4 Å². The number of amides is 1. The fourth-order valence-electron chi connectivity index (χ4n) is 4.65. The molecule has 0 spiro atoms. The summed E-state index contributed by atoms with van der Waals surface area (Å²) in [5.74, 6) is -1.49. The SMILES string of the molecule is CC1(C)c2[nH]nc(NC(=O)c3cccc(N4CCOCC4)c3)c2CN1Cc1cccc(F)c1F. The number of fused-ring (bicyclic) bond motifs is 1. The van der Waals surface area contributed by atoms with E-state index >= 15 is 0 Å². The summed E-state index contributed by atoms with van der Waals surface area (Å²) in [5, 5.41) is 10.3. The van der Waals surface area contributed by atoms with Crippen molar-refractivity contribution >= 4 is 17.4 Å². The molecule has 1 aromatic heterocycles. The molecule has 2 aliphatic heterocycles. The van der Waals surface area contributed by atoms with Crippen molar-refractivity contribution < 1.29 is 18.3 Å². The number of aromatic amines is 1. The van der Waals surface area contributed by atoms with Crippen LogP contribution >= 0.6 is 0 Å². The van der Waals surface area contributed by atoms with Gasteiger partial charge in [0.25, 0.3) is 5.91 Å². The number of hydrogen-bond acceptors (Lipinski definition) is 5. The molecule has 1 amide bonds. The number of anilines is 2. The zero-order chi connectivity index (χ0) is 23.9. The topological polar surface area (TPSA) is 73.5 Å². The third-order valence-corrected chi connectivity index (χ3v) is 6.73. The van der Waals surface area contributed by atoms with Gasteiger partial charge in [-0.05, 0) is 38.1 Å². The molecule has 178 valence electrons. The highest BCUT2D eigenvalue weighted by atomic mass is 19.2. The zero-order valence-electron chi connectivity index (χ0n) is 19.2. The smallest absolute Gasteiger partial charge is 0.256 e. The second-order valence-corrected chi connectivity index (χ2v) is 9.16. The highest BCUT2D eigenvalue weighted by Crippen LogP contribution is 2.41. The Balaban J connectivity index is 1.34. The Labute approximate surface area is 196 Å². The van der Waals surface area contributed by atoms with Gasteiger partial charge in [0.15, 0.2) is 17.5 Å². The number of nitrogens with one attached hydrogen (secondary N) is 2. The summed E-state index contributed by atoms with van der Waals surface area (Å²) in [6, 6.07) is 11.7. The summed E-state index contributed by atoms with van der Waals surface area (Å²) in [6.07, 6.45) is 0. The van der Waals surface area contributed by atoms with E-state index in [2.05, 4.69) is 20.4 Å². The number of benzene rings is 2. The van der Waals surface area contributed by atoms with Crippen LogP contribution in [0.2, 0.25) is 0 Å². The van der Waals surface area contributed by atoms with Crippen molar-refractivity contribution in [3.8, 4) is 0 Å². The van der Waals surface area contributed by atoms with Crippen LogP contribution in [0, 0.1) is 11.6 Å². The summed E-state index contributed by atoms with van der Waals surface area (Å²) < 4.78 is 33.4. The van der Waals surface area contributed by atoms with Crippen LogP contribution in [0.4, 0.5) is 20.3 Å². The molecule has 3 heterocycles. The number of rotatable bonds is 5. The molecule has 5 rings (SSSR count). The molecule has 34 heavy (non-hydrogen) atoms. The Morgan fingerprint density at radius 2 is 1.94 bits per heavy atom. The molecular formula is C25H27F2N5O2. The predicted molar refractivity (Wildman–Crippen MR) is 125 cm³/mol. The van der Waals surface area contributed by atoms with Crippen LogP contribution in [0.5, 0.6) is 0 Å². The minimum absolute atomic E-state index is 0.230. The Hall–Kier alpha value is -3.30. The Kier molecular flexibility index (Phi) is 5.83. The van der Waals surface area contributed by atoms with Crippen LogP contribution in [0.1, 0.15) is 41.0 Å². The van der Waals surface area contributed by atoms with E-state index in [0.717, 1.165) is 36.1 Å². The van der Waals surface area contributed by atoms with E-state index in [4.69, 9.17) is 4.74 Å². The number of carbonyl (C=O) groups is 1. The van der Waals surface area contributed by atoms with E-state index in [-0.39, 0.29) is 18.0 Å². The number of ether oxygens (including phenoxy) is 1. The van der Waals surface area contributed by atoms with Gasteiger partial charge in [-0.3, -0.25) is 14.8 Å². The number of carbonyl (C=O) groups excluding carboxylic acids is 1. The van der Waals surface area contributed by atoms with Crippen LogP contribution in [0.15, 0.2) is 42.5 Å². The van der Waals surface area contributed by atoms with Gasteiger partial charge in [-0.25, -0.2) is 8.78 Å². The summed E-state index contributed by atoms with van der Waals surface area (Å²) in [6.45, 7) is 7.57. The van der Waals surface area contributed by atoms with E-state index in [9.17, 15) is 13.6 Å². The second kappa shape index (κ2) is 8.81. The molecule has 3 aromatic rings. The highest BCUT2D eigenvalue weighted by molar-refractivity contribution is 6.04. The lowest BCUT2D eigenvalue weighted by molar-refractivity contribution is 0.102. The summed E-state index contributed by atoms with van der Waals surface area (Å²) in [7, 11) is 0. The maximum absolute atomic E-state index is 14.3. The minimum Gasteiger partial charge on any atom is -0.378 e. The first-order chi connectivity index (χ1) is 16.3. The normalized spacial score (nSPS) is 17.6. The Morgan fingerprint density at radius 1 is 1.18 bits per heavy atom. The van der Waals surface area contributed by atoms with Gasteiger partial charge in [0.2, 0.25) is 0 Å². The maximum Gasteiger partial charge on any atom is 0.256 e. The third-order valence-electron chi connectivity index (χ3n) is 6.73. The molecule has 1 saturated heterocycles. The van der Waals surface area contributed by atoms with E-state index in [1.807, 2.05) is 36.9 Å². The number of morpholine rings is 1. The number of hydrogen-bond donors (Lipinski definition) is 2. The molecule has 0 radical (unpaired) electrons. The van der Waals surface area contributed by atoms with Gasteiger partial charge in [-0.2, -0.15) is 5.10 Å². The molecule has 2 aliphatic rings. The Morgan fingerprint density at radius 3 is 2.74 bits per heavy atom. The van der Waals surface area contributed by atoms with E-state index < -0.39 is 17.2 Å².